The Morgan fingerprint density at radius 2 is 2.25 bits per heavy atom. The number of H-pyrrole nitrogens is 1. The number of amides is 1. The third-order valence-corrected chi connectivity index (χ3v) is 2.41. The summed E-state index contributed by atoms with van der Waals surface area (Å²) in [6, 6.07) is 4.85. The molecular formula is C10H7Cl2N3O. The van der Waals surface area contributed by atoms with Gasteiger partial charge in [0.05, 0.1) is 10.0 Å². The van der Waals surface area contributed by atoms with Crippen molar-refractivity contribution in [1.82, 2.24) is 9.97 Å². The lowest BCUT2D eigenvalue weighted by Gasteiger charge is -2.03. The van der Waals surface area contributed by atoms with Crippen LogP contribution in [0.5, 0.6) is 0 Å². The molecule has 1 amide bonds. The molecule has 0 spiro atoms. The van der Waals surface area contributed by atoms with Crippen LogP contribution in [0.25, 0.3) is 0 Å². The Hall–Kier alpha value is -1.52. The van der Waals surface area contributed by atoms with Gasteiger partial charge >= 0.3 is 0 Å². The van der Waals surface area contributed by atoms with Crippen LogP contribution in [0.2, 0.25) is 10.0 Å². The van der Waals surface area contributed by atoms with E-state index in [9.17, 15) is 4.79 Å². The highest BCUT2D eigenvalue weighted by molar-refractivity contribution is 6.33. The third-order valence-electron chi connectivity index (χ3n) is 1.88. The number of nitrogens with one attached hydrogen (secondary N) is 2. The van der Waals surface area contributed by atoms with Crippen molar-refractivity contribution in [3.05, 3.63) is 46.3 Å². The number of nitrogens with zero attached hydrogens (tertiary/aromatic N) is 1. The zero-order valence-electron chi connectivity index (χ0n) is 8.00. The molecule has 0 atom stereocenters. The molecule has 0 saturated heterocycles. The molecule has 82 valence electrons. The lowest BCUT2D eigenvalue weighted by atomic mass is 10.4. The molecule has 0 radical (unpaired) electrons. The van der Waals surface area contributed by atoms with Crippen molar-refractivity contribution in [3.8, 4) is 0 Å². The number of aromatic amines is 1. The molecule has 0 unspecified atom stereocenters. The van der Waals surface area contributed by atoms with Gasteiger partial charge in [0, 0.05) is 12.4 Å². The second-order valence-electron chi connectivity index (χ2n) is 3.02. The Bertz CT molecular complexity index is 524. The van der Waals surface area contributed by atoms with Crippen molar-refractivity contribution in [2.75, 3.05) is 5.32 Å². The Kier molecular flexibility index (Phi) is 3.12. The van der Waals surface area contributed by atoms with E-state index in [-0.39, 0.29) is 5.91 Å². The molecule has 0 aliphatic heterocycles. The summed E-state index contributed by atoms with van der Waals surface area (Å²) < 4.78 is 0. The van der Waals surface area contributed by atoms with Gasteiger partial charge < -0.3 is 10.3 Å². The average Bonchev–Trinajstić information content (AvgIpc) is 2.68. The zero-order valence-corrected chi connectivity index (χ0v) is 9.51. The van der Waals surface area contributed by atoms with Gasteiger partial charge in [-0.3, -0.25) is 4.79 Å². The van der Waals surface area contributed by atoms with E-state index < -0.39 is 0 Å². The summed E-state index contributed by atoms with van der Waals surface area (Å²) in [5, 5.41) is 3.42. The second kappa shape index (κ2) is 4.55. The molecule has 16 heavy (non-hydrogen) atoms. The van der Waals surface area contributed by atoms with E-state index in [1.54, 1.807) is 18.3 Å². The molecule has 2 aromatic rings. The van der Waals surface area contributed by atoms with Crippen LogP contribution >= 0.6 is 23.2 Å². The first-order valence-electron chi connectivity index (χ1n) is 4.42. The third kappa shape index (κ3) is 2.35. The zero-order chi connectivity index (χ0) is 11.5. The van der Waals surface area contributed by atoms with Crippen molar-refractivity contribution in [3.63, 3.8) is 0 Å². The predicted molar refractivity (Wildman–Crippen MR) is 63.0 cm³/mol. The highest BCUT2D eigenvalue weighted by Gasteiger charge is 2.10. The van der Waals surface area contributed by atoms with Crippen molar-refractivity contribution in [1.29, 1.82) is 0 Å². The first kappa shape index (κ1) is 11.0. The summed E-state index contributed by atoms with van der Waals surface area (Å²) in [6.07, 6.45) is 3.07. The lowest BCUT2D eigenvalue weighted by molar-refractivity contribution is 0.102. The first-order chi connectivity index (χ1) is 7.66. The summed E-state index contributed by atoms with van der Waals surface area (Å²) in [7, 11) is 0. The minimum Gasteiger partial charge on any atom is -0.356 e. The number of halogens is 2. The van der Waals surface area contributed by atoms with Gasteiger partial charge in [0.2, 0.25) is 0 Å². The van der Waals surface area contributed by atoms with E-state index in [4.69, 9.17) is 23.2 Å². The minimum absolute atomic E-state index is 0.319. The minimum atomic E-state index is -0.340. The fourth-order valence-electron chi connectivity index (χ4n) is 1.15. The van der Waals surface area contributed by atoms with E-state index in [0.717, 1.165) is 0 Å². The highest BCUT2D eigenvalue weighted by atomic mass is 35.5. The predicted octanol–water partition coefficient (Wildman–Crippen LogP) is 2.97. The Balaban J connectivity index is 2.17. The summed E-state index contributed by atoms with van der Waals surface area (Å²) >= 11 is 11.5. The normalized spacial score (nSPS) is 10.1. The van der Waals surface area contributed by atoms with Crippen LogP contribution in [0.4, 0.5) is 5.82 Å². The molecule has 2 heterocycles. The Morgan fingerprint density at radius 3 is 2.88 bits per heavy atom. The fourth-order valence-corrected chi connectivity index (χ4v) is 1.48. The van der Waals surface area contributed by atoms with Crippen LogP contribution in [-0.4, -0.2) is 15.9 Å². The van der Waals surface area contributed by atoms with Gasteiger partial charge in [-0.05, 0) is 18.2 Å². The SMILES string of the molecule is O=C(Nc1ncccc1Cl)c1cc(Cl)c[nH]1. The molecule has 2 rings (SSSR count). The van der Waals surface area contributed by atoms with Crippen molar-refractivity contribution >= 4 is 34.9 Å². The van der Waals surface area contributed by atoms with Gasteiger partial charge in [-0.25, -0.2) is 4.98 Å². The van der Waals surface area contributed by atoms with Crippen LogP contribution in [0.15, 0.2) is 30.6 Å². The van der Waals surface area contributed by atoms with Gasteiger partial charge in [-0.15, -0.1) is 0 Å². The number of pyridine rings is 1. The quantitative estimate of drug-likeness (QED) is 0.867. The monoisotopic (exact) mass is 255 g/mol. The van der Waals surface area contributed by atoms with Gasteiger partial charge in [0.15, 0.2) is 5.82 Å². The van der Waals surface area contributed by atoms with E-state index in [2.05, 4.69) is 15.3 Å². The number of hydrogen-bond donors (Lipinski definition) is 2. The highest BCUT2D eigenvalue weighted by Crippen LogP contribution is 2.18. The number of hydrogen-bond acceptors (Lipinski definition) is 2. The molecule has 0 aromatic carbocycles. The average molecular weight is 256 g/mol. The van der Waals surface area contributed by atoms with Gasteiger partial charge in [0.25, 0.3) is 5.91 Å². The number of aromatic nitrogens is 2. The molecule has 2 N–H and O–H groups in total. The van der Waals surface area contributed by atoms with Gasteiger partial charge in [0.1, 0.15) is 5.69 Å². The van der Waals surface area contributed by atoms with E-state index in [1.165, 1.54) is 12.3 Å². The number of carbonyl (C=O) groups is 1. The molecule has 6 heteroatoms. The van der Waals surface area contributed by atoms with Gasteiger partial charge in [-0.1, -0.05) is 23.2 Å². The van der Waals surface area contributed by atoms with Crippen LogP contribution in [0.1, 0.15) is 10.5 Å². The number of rotatable bonds is 2. The maximum atomic E-state index is 11.7. The van der Waals surface area contributed by atoms with Crippen LogP contribution in [0, 0.1) is 0 Å². The van der Waals surface area contributed by atoms with Crippen molar-refractivity contribution in [2.24, 2.45) is 0 Å². The molecule has 0 saturated carbocycles. The largest absolute Gasteiger partial charge is 0.356 e. The molecular weight excluding hydrogens is 249 g/mol. The maximum Gasteiger partial charge on any atom is 0.273 e. The number of anilines is 1. The van der Waals surface area contributed by atoms with Crippen LogP contribution in [0.3, 0.4) is 0 Å². The first-order valence-corrected chi connectivity index (χ1v) is 5.18. The second-order valence-corrected chi connectivity index (χ2v) is 3.86. The lowest BCUT2D eigenvalue weighted by Crippen LogP contribution is -2.13. The molecule has 0 bridgehead atoms. The van der Waals surface area contributed by atoms with Crippen LogP contribution in [-0.2, 0) is 0 Å². The van der Waals surface area contributed by atoms with E-state index in [1.807, 2.05) is 0 Å². The van der Waals surface area contributed by atoms with E-state index in [0.29, 0.717) is 21.6 Å². The summed E-state index contributed by atoms with van der Waals surface area (Å²) in [6.45, 7) is 0. The van der Waals surface area contributed by atoms with Crippen molar-refractivity contribution in [2.45, 2.75) is 0 Å². The fraction of sp³-hybridized carbons (Fsp3) is 0. The van der Waals surface area contributed by atoms with Crippen LogP contribution < -0.4 is 5.32 Å². The smallest absolute Gasteiger partial charge is 0.273 e. The maximum absolute atomic E-state index is 11.7. The summed E-state index contributed by atoms with van der Waals surface area (Å²) in [4.78, 5) is 18.3. The number of carbonyl (C=O) groups excluding carboxylic acids is 1. The standard InChI is InChI=1S/C10H7Cl2N3O/c11-6-4-8(14-5-6)10(16)15-9-7(12)2-1-3-13-9/h1-5,14H,(H,13,15,16). The topological polar surface area (TPSA) is 57.8 Å². The van der Waals surface area contributed by atoms with Crippen molar-refractivity contribution < 1.29 is 4.79 Å². The Labute approximate surface area is 102 Å². The molecule has 0 aliphatic carbocycles. The summed E-state index contributed by atoms with van der Waals surface area (Å²) in [5.41, 5.74) is 0.353. The van der Waals surface area contributed by atoms with Gasteiger partial charge in [-0.2, -0.15) is 0 Å². The molecule has 4 nitrogen and oxygen atoms in total. The molecule has 0 fully saturated rings. The Morgan fingerprint density at radius 1 is 1.44 bits per heavy atom. The molecule has 2 aromatic heterocycles. The van der Waals surface area contributed by atoms with E-state index >= 15 is 0 Å². The molecule has 0 aliphatic rings. The summed E-state index contributed by atoms with van der Waals surface area (Å²) in [5.74, 6) is -0.0209.